The Labute approximate surface area is 87.2 Å². The summed E-state index contributed by atoms with van der Waals surface area (Å²) in [5, 5.41) is 0. The van der Waals surface area contributed by atoms with Crippen LogP contribution in [0.2, 0.25) is 0 Å². The number of rotatable bonds is 7. The van der Waals surface area contributed by atoms with Crippen LogP contribution in [0.3, 0.4) is 0 Å². The first-order chi connectivity index (χ1) is 6.59. The van der Waals surface area contributed by atoms with Crippen LogP contribution in [0.25, 0.3) is 0 Å². The fraction of sp³-hybridized carbons (Fsp3) is 0.917. The van der Waals surface area contributed by atoms with Crippen LogP contribution in [0.1, 0.15) is 52.4 Å². The van der Waals surface area contributed by atoms with E-state index in [2.05, 4.69) is 6.92 Å². The Morgan fingerprint density at radius 2 is 2.00 bits per heavy atom. The molecule has 1 aliphatic rings. The van der Waals surface area contributed by atoms with Crippen LogP contribution in [0, 0.1) is 11.8 Å². The molecule has 1 fully saturated rings. The Bertz CT molecular complexity index is 187. The molecule has 0 saturated heterocycles. The smallest absolute Gasteiger partial charge is 0.146 e. The second kappa shape index (κ2) is 5.50. The lowest BCUT2D eigenvalue weighted by molar-refractivity contribution is -0.118. The van der Waals surface area contributed by atoms with E-state index in [1.807, 2.05) is 0 Å². The number of nitrogens with two attached hydrogens (primary N) is 1. The molecular formula is C12H23NO. The molecule has 0 aromatic heterocycles. The molecule has 0 aromatic carbocycles. The number of ketones is 1. The summed E-state index contributed by atoms with van der Waals surface area (Å²) in [6, 6.07) is -0.224. The van der Waals surface area contributed by atoms with Crippen molar-refractivity contribution in [1.82, 2.24) is 0 Å². The van der Waals surface area contributed by atoms with Crippen LogP contribution >= 0.6 is 0 Å². The standard InChI is InChI=1S/C12H23NO/c1-9(3-5-11-6-7-11)4-8-12(13)10(2)14/h9,11-12H,3-8,13H2,1-2H3. The van der Waals surface area contributed by atoms with Gasteiger partial charge in [-0.1, -0.05) is 32.6 Å². The van der Waals surface area contributed by atoms with E-state index in [1.165, 1.54) is 25.7 Å². The van der Waals surface area contributed by atoms with Crippen LogP contribution in [0.15, 0.2) is 0 Å². The van der Waals surface area contributed by atoms with E-state index in [-0.39, 0.29) is 11.8 Å². The minimum absolute atomic E-state index is 0.124. The third kappa shape index (κ3) is 4.75. The van der Waals surface area contributed by atoms with Gasteiger partial charge in [-0.05, 0) is 31.6 Å². The van der Waals surface area contributed by atoms with Crippen LogP contribution in [-0.4, -0.2) is 11.8 Å². The molecule has 0 heterocycles. The molecule has 0 amide bonds. The van der Waals surface area contributed by atoms with Crippen LogP contribution < -0.4 is 5.73 Å². The topological polar surface area (TPSA) is 43.1 Å². The van der Waals surface area contributed by atoms with Crippen molar-refractivity contribution in [2.75, 3.05) is 0 Å². The zero-order chi connectivity index (χ0) is 10.6. The molecule has 0 bridgehead atoms. The summed E-state index contributed by atoms with van der Waals surface area (Å²) in [5.74, 6) is 1.89. The van der Waals surface area contributed by atoms with Gasteiger partial charge in [-0.2, -0.15) is 0 Å². The molecule has 2 heteroatoms. The van der Waals surface area contributed by atoms with Crippen LogP contribution in [0.5, 0.6) is 0 Å². The molecule has 2 atom stereocenters. The summed E-state index contributed by atoms with van der Waals surface area (Å²) in [7, 11) is 0. The molecule has 14 heavy (non-hydrogen) atoms. The van der Waals surface area contributed by atoms with Gasteiger partial charge in [0, 0.05) is 0 Å². The molecule has 2 nitrogen and oxygen atoms in total. The van der Waals surface area contributed by atoms with Crippen molar-refractivity contribution in [3.63, 3.8) is 0 Å². The highest BCUT2D eigenvalue weighted by Gasteiger charge is 2.21. The van der Waals surface area contributed by atoms with E-state index in [1.54, 1.807) is 6.92 Å². The van der Waals surface area contributed by atoms with Gasteiger partial charge in [-0.15, -0.1) is 0 Å². The Kier molecular flexibility index (Phi) is 4.59. The molecular weight excluding hydrogens is 174 g/mol. The fourth-order valence-electron chi connectivity index (χ4n) is 1.74. The van der Waals surface area contributed by atoms with Gasteiger partial charge in [-0.3, -0.25) is 4.79 Å². The first-order valence-corrected chi connectivity index (χ1v) is 5.85. The van der Waals surface area contributed by atoms with E-state index < -0.39 is 0 Å². The van der Waals surface area contributed by atoms with E-state index >= 15 is 0 Å². The molecule has 0 spiro atoms. The number of hydrogen-bond donors (Lipinski definition) is 1. The Morgan fingerprint density at radius 1 is 1.36 bits per heavy atom. The largest absolute Gasteiger partial charge is 0.322 e. The predicted octanol–water partition coefficient (Wildman–Crippen LogP) is 2.51. The van der Waals surface area contributed by atoms with E-state index in [0.717, 1.165) is 24.7 Å². The molecule has 0 aliphatic heterocycles. The first kappa shape index (κ1) is 11.7. The maximum Gasteiger partial charge on any atom is 0.146 e. The van der Waals surface area contributed by atoms with Crippen molar-refractivity contribution >= 4 is 5.78 Å². The Hall–Kier alpha value is -0.370. The molecule has 82 valence electrons. The van der Waals surface area contributed by atoms with Gasteiger partial charge in [0.1, 0.15) is 5.78 Å². The quantitative estimate of drug-likeness (QED) is 0.681. The zero-order valence-electron chi connectivity index (χ0n) is 9.46. The summed E-state index contributed by atoms with van der Waals surface area (Å²) in [5.41, 5.74) is 5.68. The van der Waals surface area contributed by atoms with Crippen molar-refractivity contribution in [2.24, 2.45) is 17.6 Å². The van der Waals surface area contributed by atoms with Crippen molar-refractivity contribution in [3.8, 4) is 0 Å². The van der Waals surface area contributed by atoms with Crippen molar-refractivity contribution in [3.05, 3.63) is 0 Å². The first-order valence-electron chi connectivity index (χ1n) is 5.85. The minimum Gasteiger partial charge on any atom is -0.322 e. The molecule has 2 unspecified atom stereocenters. The monoisotopic (exact) mass is 197 g/mol. The number of carbonyl (C=O) groups is 1. The predicted molar refractivity (Wildman–Crippen MR) is 59.0 cm³/mol. The second-order valence-corrected chi connectivity index (χ2v) is 4.92. The normalized spacial score (nSPS) is 20.5. The van der Waals surface area contributed by atoms with Gasteiger partial charge in [0.25, 0.3) is 0 Å². The van der Waals surface area contributed by atoms with E-state index in [9.17, 15) is 4.79 Å². The number of carbonyl (C=O) groups excluding carboxylic acids is 1. The highest BCUT2D eigenvalue weighted by molar-refractivity contribution is 5.80. The lowest BCUT2D eigenvalue weighted by atomic mass is 9.95. The summed E-state index contributed by atoms with van der Waals surface area (Å²) < 4.78 is 0. The highest BCUT2D eigenvalue weighted by atomic mass is 16.1. The second-order valence-electron chi connectivity index (χ2n) is 4.92. The summed E-state index contributed by atoms with van der Waals surface area (Å²) in [4.78, 5) is 10.9. The fourth-order valence-corrected chi connectivity index (χ4v) is 1.74. The van der Waals surface area contributed by atoms with Gasteiger partial charge >= 0.3 is 0 Å². The van der Waals surface area contributed by atoms with Gasteiger partial charge in [0.2, 0.25) is 0 Å². The SMILES string of the molecule is CC(=O)C(N)CCC(C)CCC1CC1. The summed E-state index contributed by atoms with van der Waals surface area (Å²) in [6.07, 6.45) is 7.56. The van der Waals surface area contributed by atoms with Crippen molar-refractivity contribution < 1.29 is 4.79 Å². The molecule has 1 rings (SSSR count). The molecule has 0 aromatic rings. The Balaban J connectivity index is 2.01. The third-order valence-corrected chi connectivity index (χ3v) is 3.26. The lowest BCUT2D eigenvalue weighted by Gasteiger charge is -2.13. The van der Waals surface area contributed by atoms with Gasteiger partial charge < -0.3 is 5.73 Å². The molecule has 1 saturated carbocycles. The van der Waals surface area contributed by atoms with Crippen molar-refractivity contribution in [2.45, 2.75) is 58.4 Å². The summed E-state index contributed by atoms with van der Waals surface area (Å²) >= 11 is 0. The minimum atomic E-state index is -0.224. The van der Waals surface area contributed by atoms with Crippen LogP contribution in [-0.2, 0) is 4.79 Å². The maximum absolute atomic E-state index is 10.9. The number of hydrogen-bond acceptors (Lipinski definition) is 2. The van der Waals surface area contributed by atoms with Crippen molar-refractivity contribution in [1.29, 1.82) is 0 Å². The van der Waals surface area contributed by atoms with Gasteiger partial charge in [0.15, 0.2) is 0 Å². The van der Waals surface area contributed by atoms with Gasteiger partial charge in [0.05, 0.1) is 6.04 Å². The molecule has 1 aliphatic carbocycles. The van der Waals surface area contributed by atoms with E-state index in [0.29, 0.717) is 0 Å². The summed E-state index contributed by atoms with van der Waals surface area (Å²) in [6.45, 7) is 3.86. The lowest BCUT2D eigenvalue weighted by Crippen LogP contribution is -2.28. The van der Waals surface area contributed by atoms with Gasteiger partial charge in [-0.25, -0.2) is 0 Å². The Morgan fingerprint density at radius 3 is 2.50 bits per heavy atom. The molecule has 0 radical (unpaired) electrons. The van der Waals surface area contributed by atoms with E-state index in [4.69, 9.17) is 5.73 Å². The average molecular weight is 197 g/mol. The van der Waals surface area contributed by atoms with Crippen LogP contribution in [0.4, 0.5) is 0 Å². The zero-order valence-corrected chi connectivity index (χ0v) is 9.46. The maximum atomic E-state index is 10.9. The molecule has 2 N–H and O–H groups in total. The average Bonchev–Trinajstić information content (AvgIpc) is 2.94. The highest BCUT2D eigenvalue weighted by Crippen LogP contribution is 2.35. The third-order valence-electron chi connectivity index (χ3n) is 3.26. The number of Topliss-reactive ketones (excluding diaryl/α,β-unsaturated/α-hetero) is 1.